The minimum atomic E-state index is -0.821. The molecule has 0 spiro atoms. The number of carbonyl (C=O) groups excluding carboxylic acids is 2. The third kappa shape index (κ3) is 1.82. The van der Waals surface area contributed by atoms with E-state index in [0.29, 0.717) is 12.4 Å². The van der Waals surface area contributed by atoms with Crippen molar-refractivity contribution < 1.29 is 9.59 Å². The van der Waals surface area contributed by atoms with Gasteiger partial charge in [-0.15, -0.1) is 0 Å². The molecule has 1 aliphatic heterocycles. The fourth-order valence-electron chi connectivity index (χ4n) is 3.15. The molecule has 0 saturated heterocycles. The molecule has 0 N–H and O–H groups in total. The van der Waals surface area contributed by atoms with Crippen molar-refractivity contribution in [3.8, 4) is 6.07 Å². The Labute approximate surface area is 128 Å². The van der Waals surface area contributed by atoms with Crippen molar-refractivity contribution in [2.24, 2.45) is 18.4 Å². The lowest BCUT2D eigenvalue weighted by Crippen LogP contribution is -2.47. The summed E-state index contributed by atoms with van der Waals surface area (Å²) in [7, 11) is 1.77. The molecule has 0 aromatic carbocycles. The summed E-state index contributed by atoms with van der Waals surface area (Å²) in [4.78, 5) is 26.8. The van der Waals surface area contributed by atoms with Crippen LogP contribution in [0.2, 0.25) is 0 Å². The molecule has 1 aromatic heterocycles. The van der Waals surface area contributed by atoms with E-state index in [4.69, 9.17) is 5.26 Å². The Balaban J connectivity index is 2.09. The lowest BCUT2D eigenvalue weighted by molar-refractivity contribution is -0.124. The van der Waals surface area contributed by atoms with Gasteiger partial charge in [0.25, 0.3) is 0 Å². The molecule has 1 unspecified atom stereocenters. The molecule has 3 rings (SSSR count). The summed E-state index contributed by atoms with van der Waals surface area (Å²) in [6.07, 6.45) is 5.04. The molecular formula is C16H16N4O2. The SMILES string of the molecule is Cn1nccc1N1CC=C2C(C=C(C#N)C(=O)C2(C)C)C1=O. The van der Waals surface area contributed by atoms with Gasteiger partial charge in [-0.3, -0.25) is 19.2 Å². The highest BCUT2D eigenvalue weighted by atomic mass is 16.2. The molecule has 0 radical (unpaired) electrons. The Bertz CT molecular complexity index is 776. The molecule has 6 heteroatoms. The summed E-state index contributed by atoms with van der Waals surface area (Å²) in [5.41, 5.74) is 0.0193. The second-order valence-electron chi connectivity index (χ2n) is 6.05. The van der Waals surface area contributed by atoms with Gasteiger partial charge < -0.3 is 0 Å². The first kappa shape index (κ1) is 14.3. The van der Waals surface area contributed by atoms with E-state index in [0.717, 1.165) is 5.57 Å². The molecular weight excluding hydrogens is 280 g/mol. The maximum absolute atomic E-state index is 12.8. The van der Waals surface area contributed by atoms with Crippen LogP contribution in [0.4, 0.5) is 5.82 Å². The molecule has 1 aliphatic carbocycles. The third-order valence-corrected chi connectivity index (χ3v) is 4.42. The number of ketones is 1. The quantitative estimate of drug-likeness (QED) is 0.733. The third-order valence-electron chi connectivity index (χ3n) is 4.42. The van der Waals surface area contributed by atoms with Gasteiger partial charge in [0.15, 0.2) is 5.78 Å². The van der Waals surface area contributed by atoms with Crippen LogP contribution in [0.15, 0.2) is 35.6 Å². The Morgan fingerprint density at radius 3 is 2.73 bits per heavy atom. The summed E-state index contributed by atoms with van der Waals surface area (Å²) in [6.45, 7) is 3.94. The molecule has 112 valence electrons. The number of Topliss-reactive ketones (excluding diaryl/α,β-unsaturated/α-hetero) is 1. The number of rotatable bonds is 1. The molecule has 2 heterocycles. The lowest BCUT2D eigenvalue weighted by atomic mass is 9.66. The van der Waals surface area contributed by atoms with E-state index in [1.807, 2.05) is 12.1 Å². The van der Waals surface area contributed by atoms with Gasteiger partial charge in [0.05, 0.1) is 23.1 Å². The summed E-state index contributed by atoms with van der Waals surface area (Å²) in [6, 6.07) is 3.69. The number of hydrogen-bond acceptors (Lipinski definition) is 4. The van der Waals surface area contributed by atoms with Crippen molar-refractivity contribution in [3.63, 3.8) is 0 Å². The highest BCUT2D eigenvalue weighted by Gasteiger charge is 2.46. The number of hydrogen-bond donors (Lipinski definition) is 0. The van der Waals surface area contributed by atoms with E-state index in [2.05, 4.69) is 5.10 Å². The van der Waals surface area contributed by atoms with E-state index in [9.17, 15) is 9.59 Å². The number of carbonyl (C=O) groups is 2. The maximum Gasteiger partial charge on any atom is 0.239 e. The van der Waals surface area contributed by atoms with E-state index in [-0.39, 0.29) is 17.3 Å². The normalized spacial score (nSPS) is 23.5. The second kappa shape index (κ2) is 4.67. The van der Waals surface area contributed by atoms with Crippen LogP contribution in [0.3, 0.4) is 0 Å². The van der Waals surface area contributed by atoms with Gasteiger partial charge in [0.2, 0.25) is 5.91 Å². The highest BCUT2D eigenvalue weighted by molar-refractivity contribution is 6.10. The molecule has 1 aromatic rings. The molecule has 0 bridgehead atoms. The molecule has 6 nitrogen and oxygen atoms in total. The molecule has 0 saturated carbocycles. The van der Waals surface area contributed by atoms with Gasteiger partial charge in [-0.2, -0.15) is 10.4 Å². The zero-order valence-electron chi connectivity index (χ0n) is 12.7. The van der Waals surface area contributed by atoms with Crippen molar-refractivity contribution in [2.45, 2.75) is 13.8 Å². The first-order valence-corrected chi connectivity index (χ1v) is 7.04. The van der Waals surface area contributed by atoms with Crippen LogP contribution in [0.25, 0.3) is 0 Å². The van der Waals surface area contributed by atoms with Gasteiger partial charge in [-0.05, 0) is 25.5 Å². The van der Waals surface area contributed by atoms with Crippen molar-refractivity contribution in [1.82, 2.24) is 9.78 Å². The van der Waals surface area contributed by atoms with Crippen molar-refractivity contribution in [1.29, 1.82) is 5.26 Å². The standard InChI is InChI=1S/C16H16N4O2/c1-16(2)12-5-7-20(13-4-6-18-19(13)3)15(22)11(12)8-10(9-17)14(16)21/h4-6,8,11H,7H2,1-3H3. The van der Waals surface area contributed by atoms with Gasteiger partial charge in [-0.25, -0.2) is 0 Å². The predicted molar refractivity (Wildman–Crippen MR) is 79.6 cm³/mol. The van der Waals surface area contributed by atoms with Crippen molar-refractivity contribution >= 4 is 17.5 Å². The average molecular weight is 296 g/mol. The Morgan fingerprint density at radius 2 is 2.14 bits per heavy atom. The Hall–Kier alpha value is -2.68. The molecule has 1 amide bonds. The molecule has 0 fully saturated rings. The smallest absolute Gasteiger partial charge is 0.239 e. The van der Waals surface area contributed by atoms with Gasteiger partial charge >= 0.3 is 0 Å². The number of amides is 1. The van der Waals surface area contributed by atoms with Crippen LogP contribution >= 0.6 is 0 Å². The van der Waals surface area contributed by atoms with Gasteiger partial charge in [0, 0.05) is 19.7 Å². The minimum absolute atomic E-state index is 0.0624. The van der Waals surface area contributed by atoms with Gasteiger partial charge in [-0.1, -0.05) is 6.08 Å². The second-order valence-corrected chi connectivity index (χ2v) is 6.05. The van der Waals surface area contributed by atoms with E-state index in [1.165, 1.54) is 6.08 Å². The summed E-state index contributed by atoms with van der Waals surface area (Å²) < 4.78 is 1.63. The average Bonchev–Trinajstić information content (AvgIpc) is 2.90. The predicted octanol–water partition coefficient (Wildman–Crippen LogP) is 1.37. The van der Waals surface area contributed by atoms with E-state index in [1.54, 1.807) is 42.7 Å². The van der Waals surface area contributed by atoms with Crippen molar-refractivity contribution in [3.05, 3.63) is 35.6 Å². The zero-order chi connectivity index (χ0) is 16.1. The summed E-state index contributed by atoms with van der Waals surface area (Å²) >= 11 is 0. The topological polar surface area (TPSA) is 79.0 Å². The van der Waals surface area contributed by atoms with Crippen molar-refractivity contribution in [2.75, 3.05) is 11.4 Å². The summed E-state index contributed by atoms with van der Waals surface area (Å²) in [5, 5.41) is 13.2. The monoisotopic (exact) mass is 296 g/mol. The number of allylic oxidation sites excluding steroid dienone is 1. The lowest BCUT2D eigenvalue weighted by Gasteiger charge is -2.39. The molecule has 1 atom stereocenters. The summed E-state index contributed by atoms with van der Waals surface area (Å²) in [5.74, 6) is -0.221. The Kier molecular flexibility index (Phi) is 3.03. The minimum Gasteiger partial charge on any atom is -0.292 e. The first-order valence-electron chi connectivity index (χ1n) is 7.04. The maximum atomic E-state index is 12.8. The van der Waals surface area contributed by atoms with E-state index < -0.39 is 11.3 Å². The zero-order valence-corrected chi connectivity index (χ0v) is 12.7. The number of fused-ring (bicyclic) bond motifs is 1. The van der Waals surface area contributed by atoms with Crippen LogP contribution < -0.4 is 4.90 Å². The van der Waals surface area contributed by atoms with Crippen LogP contribution in [0, 0.1) is 22.7 Å². The Morgan fingerprint density at radius 1 is 1.41 bits per heavy atom. The van der Waals surface area contributed by atoms with Crippen LogP contribution in [-0.2, 0) is 16.6 Å². The number of aromatic nitrogens is 2. The number of aryl methyl sites for hydroxylation is 1. The number of nitriles is 1. The largest absolute Gasteiger partial charge is 0.292 e. The van der Waals surface area contributed by atoms with Crippen LogP contribution in [0.5, 0.6) is 0 Å². The van der Waals surface area contributed by atoms with E-state index >= 15 is 0 Å². The first-order chi connectivity index (χ1) is 10.4. The van der Waals surface area contributed by atoms with Crippen LogP contribution in [0.1, 0.15) is 13.8 Å². The number of anilines is 1. The fourth-order valence-corrected chi connectivity index (χ4v) is 3.15. The van der Waals surface area contributed by atoms with Crippen LogP contribution in [-0.4, -0.2) is 28.0 Å². The number of nitrogens with zero attached hydrogens (tertiary/aromatic N) is 4. The molecule has 2 aliphatic rings. The highest BCUT2D eigenvalue weighted by Crippen LogP contribution is 2.43. The fraction of sp³-hybridized carbons (Fsp3) is 0.375. The molecule has 22 heavy (non-hydrogen) atoms. The van der Waals surface area contributed by atoms with Gasteiger partial charge in [0.1, 0.15) is 11.9 Å².